The van der Waals surface area contributed by atoms with Crippen LogP contribution in [0.25, 0.3) is 0 Å². The summed E-state index contributed by atoms with van der Waals surface area (Å²) in [6.07, 6.45) is 2.13. The largest absolute Gasteiger partial charge is 0.312 e. The number of hydrogen-bond donors (Lipinski definition) is 0. The number of fused-ring (bicyclic) bond motifs is 3. The lowest BCUT2D eigenvalue weighted by Gasteiger charge is -2.27. The summed E-state index contributed by atoms with van der Waals surface area (Å²) in [4.78, 5) is 7.57. The van der Waals surface area contributed by atoms with Crippen molar-refractivity contribution in [2.24, 2.45) is 4.99 Å². The van der Waals surface area contributed by atoms with Gasteiger partial charge in [0, 0.05) is 17.2 Å². The molecule has 0 bridgehead atoms. The van der Waals surface area contributed by atoms with Gasteiger partial charge in [0.25, 0.3) is 0 Å². The quantitative estimate of drug-likeness (QED) is 0.598. The van der Waals surface area contributed by atoms with Crippen molar-refractivity contribution in [3.63, 3.8) is 0 Å². The maximum absolute atomic E-state index is 12.5. The predicted octanol–water partition coefficient (Wildman–Crippen LogP) is 5.00. The molecule has 0 saturated carbocycles. The number of hydrogen-bond acceptors (Lipinski definition) is 4. The van der Waals surface area contributed by atoms with Crippen LogP contribution in [-0.4, -0.2) is 25.1 Å². The molecule has 1 heterocycles. The molecule has 3 aromatic rings. The molecule has 0 spiro atoms. The standard InChI is InChI=1S/C23H20N2O2S2/c1-29(26,27)20-14-8-9-16-15-19-22(21(16)20)25(18-12-6-3-7-13-18)23(28-19)24-17-10-4-2-5-11-17/h2-14,19,22H,15H2,1H3. The van der Waals surface area contributed by atoms with E-state index in [4.69, 9.17) is 4.99 Å². The first-order valence-electron chi connectivity index (χ1n) is 9.49. The van der Waals surface area contributed by atoms with Crippen molar-refractivity contribution >= 4 is 38.1 Å². The minimum absolute atomic E-state index is 0.0502. The van der Waals surface area contributed by atoms with Gasteiger partial charge in [-0.15, -0.1) is 0 Å². The molecule has 146 valence electrons. The van der Waals surface area contributed by atoms with Crippen LogP contribution >= 0.6 is 11.8 Å². The van der Waals surface area contributed by atoms with Gasteiger partial charge in [-0.25, -0.2) is 13.4 Å². The summed E-state index contributed by atoms with van der Waals surface area (Å²) < 4.78 is 25.1. The van der Waals surface area contributed by atoms with Crippen molar-refractivity contribution < 1.29 is 8.42 Å². The fraction of sp³-hybridized carbons (Fsp3) is 0.174. The fourth-order valence-corrected chi connectivity index (χ4v) is 6.59. The van der Waals surface area contributed by atoms with Crippen molar-refractivity contribution in [2.75, 3.05) is 11.2 Å². The first kappa shape index (κ1) is 18.5. The van der Waals surface area contributed by atoms with Crippen LogP contribution in [0.4, 0.5) is 11.4 Å². The van der Waals surface area contributed by atoms with E-state index in [0.717, 1.165) is 34.1 Å². The summed E-state index contributed by atoms with van der Waals surface area (Å²) >= 11 is 1.74. The molecule has 0 radical (unpaired) electrons. The molecule has 0 amide bonds. The minimum atomic E-state index is -3.32. The van der Waals surface area contributed by atoms with Crippen molar-refractivity contribution in [1.29, 1.82) is 0 Å². The average Bonchev–Trinajstić information content (AvgIpc) is 3.23. The van der Waals surface area contributed by atoms with Gasteiger partial charge >= 0.3 is 0 Å². The lowest BCUT2D eigenvalue weighted by molar-refractivity contribution is 0.599. The molecular weight excluding hydrogens is 400 g/mol. The fourth-order valence-electron chi connectivity index (χ4n) is 4.21. The van der Waals surface area contributed by atoms with Crippen molar-refractivity contribution in [2.45, 2.75) is 22.6 Å². The molecule has 1 aliphatic heterocycles. The van der Waals surface area contributed by atoms with Gasteiger partial charge in [-0.05, 0) is 47.9 Å². The highest BCUT2D eigenvalue weighted by molar-refractivity contribution is 8.15. The Labute approximate surface area is 175 Å². The molecular formula is C23H20N2O2S2. The molecule has 0 N–H and O–H groups in total. The Balaban J connectivity index is 1.69. The van der Waals surface area contributed by atoms with Gasteiger partial charge < -0.3 is 4.90 Å². The second kappa shape index (κ2) is 7.04. The van der Waals surface area contributed by atoms with E-state index in [1.165, 1.54) is 6.26 Å². The number of para-hydroxylation sites is 2. The number of amidine groups is 1. The maximum atomic E-state index is 12.5. The topological polar surface area (TPSA) is 49.7 Å². The summed E-state index contributed by atoms with van der Waals surface area (Å²) in [5.74, 6) is 0. The highest BCUT2D eigenvalue weighted by Crippen LogP contribution is 2.52. The normalized spacial score (nSPS) is 22.0. The molecule has 29 heavy (non-hydrogen) atoms. The van der Waals surface area contributed by atoms with Gasteiger partial charge in [0.1, 0.15) is 0 Å². The van der Waals surface area contributed by atoms with E-state index in [2.05, 4.69) is 23.1 Å². The molecule has 5 rings (SSSR count). The third-order valence-corrected chi connectivity index (χ3v) is 7.76. The van der Waals surface area contributed by atoms with Gasteiger partial charge in [-0.1, -0.05) is 60.3 Å². The number of rotatable bonds is 3. The lowest BCUT2D eigenvalue weighted by atomic mass is 10.1. The zero-order valence-corrected chi connectivity index (χ0v) is 17.5. The van der Waals surface area contributed by atoms with Crippen LogP contribution in [0.15, 0.2) is 88.8 Å². The predicted molar refractivity (Wildman–Crippen MR) is 120 cm³/mol. The third-order valence-electron chi connectivity index (χ3n) is 5.38. The first-order chi connectivity index (χ1) is 14.0. The second-order valence-corrected chi connectivity index (χ2v) is 10.5. The lowest BCUT2D eigenvalue weighted by Crippen LogP contribution is -2.29. The van der Waals surface area contributed by atoms with E-state index >= 15 is 0 Å². The van der Waals surface area contributed by atoms with Crippen LogP contribution in [0.2, 0.25) is 0 Å². The van der Waals surface area contributed by atoms with E-state index in [-0.39, 0.29) is 11.3 Å². The van der Waals surface area contributed by atoms with Gasteiger partial charge in [0.05, 0.1) is 16.6 Å². The Hall–Kier alpha value is -2.57. The van der Waals surface area contributed by atoms with Gasteiger partial charge in [-0.2, -0.15) is 0 Å². The zero-order chi connectivity index (χ0) is 20.0. The summed E-state index contributed by atoms with van der Waals surface area (Å²) in [5, 5.41) is 1.14. The monoisotopic (exact) mass is 420 g/mol. The number of nitrogens with zero attached hydrogens (tertiary/aromatic N) is 2. The number of anilines is 1. The zero-order valence-electron chi connectivity index (χ0n) is 15.9. The summed E-state index contributed by atoms with van der Waals surface area (Å²) in [7, 11) is -3.32. The van der Waals surface area contributed by atoms with Gasteiger partial charge in [0.2, 0.25) is 0 Å². The smallest absolute Gasteiger partial charge is 0.175 e. The van der Waals surface area contributed by atoms with Crippen LogP contribution in [-0.2, 0) is 16.3 Å². The molecule has 2 atom stereocenters. The van der Waals surface area contributed by atoms with Gasteiger partial charge in [0.15, 0.2) is 15.0 Å². The van der Waals surface area contributed by atoms with E-state index in [9.17, 15) is 8.42 Å². The van der Waals surface area contributed by atoms with Crippen LogP contribution in [0.3, 0.4) is 0 Å². The summed E-state index contributed by atoms with van der Waals surface area (Å²) in [5.41, 5.74) is 3.97. The van der Waals surface area contributed by atoms with Crippen LogP contribution < -0.4 is 4.90 Å². The van der Waals surface area contributed by atoms with Gasteiger partial charge in [-0.3, -0.25) is 0 Å². The first-order valence-corrected chi connectivity index (χ1v) is 12.3. The Morgan fingerprint density at radius 1 is 0.931 bits per heavy atom. The van der Waals surface area contributed by atoms with Crippen LogP contribution in [0, 0.1) is 0 Å². The van der Waals surface area contributed by atoms with Crippen molar-refractivity contribution in [3.8, 4) is 0 Å². The minimum Gasteiger partial charge on any atom is -0.312 e. The van der Waals surface area contributed by atoms with Crippen LogP contribution in [0.5, 0.6) is 0 Å². The molecule has 1 saturated heterocycles. The molecule has 1 aliphatic carbocycles. The Bertz CT molecular complexity index is 1190. The number of thioether (sulfide) groups is 1. The molecule has 2 aliphatic rings. The van der Waals surface area contributed by atoms with Crippen molar-refractivity contribution in [3.05, 3.63) is 90.0 Å². The highest BCUT2D eigenvalue weighted by atomic mass is 32.2. The highest BCUT2D eigenvalue weighted by Gasteiger charge is 2.48. The molecule has 3 aromatic carbocycles. The Morgan fingerprint density at radius 2 is 1.62 bits per heavy atom. The molecule has 1 fully saturated rings. The SMILES string of the molecule is CS(=O)(=O)c1cccc2c1C1C(C2)SC(=Nc2ccccc2)N1c1ccccc1. The average molecular weight is 421 g/mol. The molecule has 4 nitrogen and oxygen atoms in total. The summed E-state index contributed by atoms with van der Waals surface area (Å²) in [6, 6.07) is 25.6. The van der Waals surface area contributed by atoms with Crippen molar-refractivity contribution in [1.82, 2.24) is 0 Å². The number of aliphatic imine (C=N–C) groups is 1. The summed E-state index contributed by atoms with van der Waals surface area (Å²) in [6.45, 7) is 0. The van der Waals surface area contributed by atoms with E-state index < -0.39 is 9.84 Å². The Kier molecular flexibility index (Phi) is 4.48. The van der Waals surface area contributed by atoms with E-state index in [0.29, 0.717) is 4.90 Å². The molecule has 6 heteroatoms. The van der Waals surface area contributed by atoms with Crippen LogP contribution in [0.1, 0.15) is 17.2 Å². The maximum Gasteiger partial charge on any atom is 0.175 e. The van der Waals surface area contributed by atoms with E-state index in [1.807, 2.05) is 54.6 Å². The third kappa shape index (κ3) is 3.26. The number of sulfone groups is 1. The Morgan fingerprint density at radius 3 is 2.31 bits per heavy atom. The molecule has 0 aromatic heterocycles. The molecule has 2 unspecified atom stereocenters. The van der Waals surface area contributed by atoms with E-state index in [1.54, 1.807) is 17.8 Å². The second-order valence-electron chi connectivity index (χ2n) is 7.34. The number of benzene rings is 3.